The highest BCUT2D eigenvalue weighted by atomic mass is 32.2. The molecule has 0 saturated heterocycles. The van der Waals surface area contributed by atoms with E-state index < -0.39 is 5.25 Å². The van der Waals surface area contributed by atoms with Gasteiger partial charge in [0.15, 0.2) is 5.78 Å². The van der Waals surface area contributed by atoms with Crippen molar-refractivity contribution in [2.75, 3.05) is 18.7 Å². The number of hydrogen-bond acceptors (Lipinski definition) is 6. The topological polar surface area (TPSA) is 54.5 Å². The molecule has 0 aliphatic carbocycles. The van der Waals surface area contributed by atoms with E-state index in [-0.39, 0.29) is 29.3 Å². The van der Waals surface area contributed by atoms with Gasteiger partial charge in [0.2, 0.25) is 11.0 Å². The van der Waals surface area contributed by atoms with Gasteiger partial charge < -0.3 is 4.90 Å². The van der Waals surface area contributed by atoms with E-state index in [0.717, 1.165) is 23.5 Å². The van der Waals surface area contributed by atoms with Crippen LogP contribution in [0.4, 0.5) is 0 Å². The summed E-state index contributed by atoms with van der Waals surface area (Å²) in [6.07, 6.45) is 1.87. The average molecular weight is 362 g/mol. The van der Waals surface area contributed by atoms with Crippen molar-refractivity contribution in [1.29, 1.82) is 0 Å². The van der Waals surface area contributed by atoms with Gasteiger partial charge in [-0.05, 0) is 18.6 Å². The molecule has 0 bridgehead atoms. The van der Waals surface area contributed by atoms with Crippen molar-refractivity contribution in [2.45, 2.75) is 26.0 Å². The van der Waals surface area contributed by atoms with E-state index in [0.29, 0.717) is 10.8 Å². The van der Waals surface area contributed by atoms with E-state index in [4.69, 9.17) is 0 Å². The van der Waals surface area contributed by atoms with Crippen molar-refractivity contribution in [3.05, 3.63) is 23.5 Å². The maximum atomic E-state index is 12.4. The minimum atomic E-state index is -0.554. The lowest BCUT2D eigenvalue weighted by atomic mass is 10.1. The normalized spacial score (nSPS) is 11.9. The summed E-state index contributed by atoms with van der Waals surface area (Å²) in [7, 11) is 0. The Hall–Kier alpha value is -0.660. The standard InChI is InChI=1S/C15H23NO3S3/c1-7-21-12(5)15(19)22-11(4)14(18)16(9-20-6)8-13(17)10(2)3/h7,10-11H,1,5,8-9H2,2-4,6H3. The third kappa shape index (κ3) is 7.56. The second-order valence-electron chi connectivity index (χ2n) is 4.83. The van der Waals surface area contributed by atoms with E-state index in [1.165, 1.54) is 22.1 Å². The number of amides is 1. The molecule has 0 aliphatic heterocycles. The van der Waals surface area contributed by atoms with Crippen molar-refractivity contribution in [3.8, 4) is 0 Å². The molecule has 0 aromatic carbocycles. The molecular weight excluding hydrogens is 338 g/mol. The molecule has 124 valence electrons. The Morgan fingerprint density at radius 1 is 1.23 bits per heavy atom. The Morgan fingerprint density at radius 3 is 2.27 bits per heavy atom. The van der Waals surface area contributed by atoms with Gasteiger partial charge in [-0.1, -0.05) is 50.5 Å². The van der Waals surface area contributed by atoms with Gasteiger partial charge in [-0.3, -0.25) is 14.4 Å². The minimum Gasteiger partial charge on any atom is -0.325 e. The van der Waals surface area contributed by atoms with E-state index in [1.807, 2.05) is 20.1 Å². The predicted octanol–water partition coefficient (Wildman–Crippen LogP) is 3.40. The number of carbonyl (C=O) groups excluding carboxylic acids is 3. The molecule has 4 nitrogen and oxygen atoms in total. The summed E-state index contributed by atoms with van der Waals surface area (Å²) in [6.45, 7) is 12.5. The first-order valence-electron chi connectivity index (χ1n) is 6.72. The number of hydrogen-bond donors (Lipinski definition) is 0. The van der Waals surface area contributed by atoms with Crippen LogP contribution in [-0.2, 0) is 14.4 Å². The fourth-order valence-corrected chi connectivity index (χ4v) is 3.21. The summed E-state index contributed by atoms with van der Waals surface area (Å²) < 4.78 is 0. The molecule has 1 unspecified atom stereocenters. The third-order valence-electron chi connectivity index (χ3n) is 2.67. The smallest absolute Gasteiger partial charge is 0.236 e. The van der Waals surface area contributed by atoms with Gasteiger partial charge in [-0.25, -0.2) is 0 Å². The first kappa shape index (κ1) is 21.3. The average Bonchev–Trinajstić information content (AvgIpc) is 2.45. The summed E-state index contributed by atoms with van der Waals surface area (Å²) in [5.74, 6) is 0.111. The van der Waals surface area contributed by atoms with Crippen molar-refractivity contribution < 1.29 is 14.4 Å². The van der Waals surface area contributed by atoms with Crippen molar-refractivity contribution >= 4 is 52.1 Å². The third-order valence-corrected chi connectivity index (χ3v) is 5.02. The van der Waals surface area contributed by atoms with Gasteiger partial charge in [0.1, 0.15) is 0 Å². The van der Waals surface area contributed by atoms with Crippen LogP contribution < -0.4 is 0 Å². The molecule has 0 radical (unpaired) electrons. The summed E-state index contributed by atoms with van der Waals surface area (Å²) in [5, 5.41) is 0.723. The number of rotatable bonds is 10. The molecule has 0 rings (SSSR count). The molecule has 1 amide bonds. The Morgan fingerprint density at radius 2 is 1.82 bits per heavy atom. The van der Waals surface area contributed by atoms with Crippen LogP contribution in [0.2, 0.25) is 0 Å². The van der Waals surface area contributed by atoms with Gasteiger partial charge in [0.05, 0.1) is 22.6 Å². The zero-order chi connectivity index (χ0) is 17.3. The zero-order valence-electron chi connectivity index (χ0n) is 13.5. The Kier molecular flexibility index (Phi) is 10.6. The Balaban J connectivity index is 4.77. The minimum absolute atomic E-state index is 0.0116. The molecule has 0 aliphatic rings. The molecule has 22 heavy (non-hydrogen) atoms. The van der Waals surface area contributed by atoms with Crippen molar-refractivity contribution in [3.63, 3.8) is 0 Å². The molecule has 0 N–H and O–H groups in total. The molecule has 7 heteroatoms. The van der Waals surface area contributed by atoms with Gasteiger partial charge >= 0.3 is 0 Å². The fourth-order valence-electron chi connectivity index (χ4n) is 1.40. The Labute approximate surface area is 145 Å². The van der Waals surface area contributed by atoms with Crippen LogP contribution in [-0.4, -0.2) is 45.6 Å². The Bertz CT molecular complexity index is 449. The maximum Gasteiger partial charge on any atom is 0.236 e. The molecule has 0 saturated carbocycles. The first-order valence-corrected chi connectivity index (χ1v) is 9.87. The zero-order valence-corrected chi connectivity index (χ0v) is 15.9. The fraction of sp³-hybridized carbons (Fsp3) is 0.533. The highest BCUT2D eigenvalue weighted by molar-refractivity contribution is 8.18. The van der Waals surface area contributed by atoms with Crippen LogP contribution in [0.5, 0.6) is 0 Å². The summed E-state index contributed by atoms with van der Waals surface area (Å²) in [6, 6.07) is 0. The summed E-state index contributed by atoms with van der Waals surface area (Å²) in [4.78, 5) is 38.1. The van der Waals surface area contributed by atoms with Crippen LogP contribution in [0.15, 0.2) is 23.5 Å². The quantitative estimate of drug-likeness (QED) is 0.439. The number of ketones is 1. The number of nitrogens with zero attached hydrogens (tertiary/aromatic N) is 1. The van der Waals surface area contributed by atoms with Gasteiger partial charge in [0.25, 0.3) is 0 Å². The first-order chi connectivity index (χ1) is 10.2. The molecule has 0 aromatic rings. The lowest BCUT2D eigenvalue weighted by Crippen LogP contribution is -2.41. The van der Waals surface area contributed by atoms with Crippen LogP contribution in [0.25, 0.3) is 0 Å². The molecule has 0 heterocycles. The SMILES string of the molecule is C=CSC(=C)C(=O)SC(C)C(=O)N(CSC)CC(=O)C(C)C. The molecular formula is C15H23NO3S3. The number of Topliss-reactive ketones (excluding diaryl/α,β-unsaturated/α-hetero) is 1. The second kappa shape index (κ2) is 11.0. The van der Waals surface area contributed by atoms with Crippen LogP contribution >= 0.6 is 35.3 Å². The van der Waals surface area contributed by atoms with Gasteiger partial charge in [0, 0.05) is 5.92 Å². The lowest BCUT2D eigenvalue weighted by Gasteiger charge is -2.24. The van der Waals surface area contributed by atoms with Gasteiger partial charge in [-0.15, -0.1) is 11.8 Å². The molecule has 1 atom stereocenters. The van der Waals surface area contributed by atoms with E-state index >= 15 is 0 Å². The van der Waals surface area contributed by atoms with E-state index in [1.54, 1.807) is 6.92 Å². The lowest BCUT2D eigenvalue weighted by molar-refractivity contribution is -0.134. The largest absolute Gasteiger partial charge is 0.325 e. The predicted molar refractivity (Wildman–Crippen MR) is 98.9 cm³/mol. The summed E-state index contributed by atoms with van der Waals surface area (Å²) >= 11 is 3.54. The highest BCUT2D eigenvalue weighted by Gasteiger charge is 2.26. The highest BCUT2D eigenvalue weighted by Crippen LogP contribution is 2.25. The van der Waals surface area contributed by atoms with Crippen LogP contribution in [0.3, 0.4) is 0 Å². The monoisotopic (exact) mass is 361 g/mol. The van der Waals surface area contributed by atoms with E-state index in [2.05, 4.69) is 13.2 Å². The van der Waals surface area contributed by atoms with Crippen molar-refractivity contribution in [2.24, 2.45) is 5.92 Å². The maximum absolute atomic E-state index is 12.4. The van der Waals surface area contributed by atoms with Crippen LogP contribution in [0.1, 0.15) is 20.8 Å². The molecule has 0 fully saturated rings. The van der Waals surface area contributed by atoms with Crippen LogP contribution in [0, 0.1) is 5.92 Å². The second-order valence-corrected chi connectivity index (χ2v) is 8.04. The molecule has 0 spiro atoms. The van der Waals surface area contributed by atoms with Gasteiger partial charge in [-0.2, -0.15) is 0 Å². The van der Waals surface area contributed by atoms with Crippen molar-refractivity contribution in [1.82, 2.24) is 4.90 Å². The number of thioether (sulfide) groups is 3. The van der Waals surface area contributed by atoms with E-state index in [9.17, 15) is 14.4 Å². The molecule has 0 aromatic heterocycles. The number of carbonyl (C=O) groups is 3. The summed E-state index contributed by atoms with van der Waals surface area (Å²) in [5.41, 5.74) is 0.